The highest BCUT2D eigenvalue weighted by Gasteiger charge is 2.35. The normalized spacial score (nSPS) is 27.2. The van der Waals surface area contributed by atoms with Crippen LogP contribution >= 0.6 is 0 Å². The first kappa shape index (κ1) is 13.7. The second-order valence-electron chi connectivity index (χ2n) is 5.31. The molecule has 0 aromatic rings. The van der Waals surface area contributed by atoms with Gasteiger partial charge in [0.2, 0.25) is 6.43 Å². The highest BCUT2D eigenvalue weighted by molar-refractivity contribution is 5.15. The predicted octanol–water partition coefficient (Wildman–Crippen LogP) is 5.19. The lowest BCUT2D eigenvalue weighted by Gasteiger charge is -2.31. The molecule has 0 amide bonds. The molecule has 0 saturated carbocycles. The van der Waals surface area contributed by atoms with E-state index in [0.717, 1.165) is 25.7 Å². The quantitative estimate of drug-likeness (QED) is 0.550. The Morgan fingerprint density at radius 2 is 2.06 bits per heavy atom. The molecule has 0 saturated heterocycles. The summed E-state index contributed by atoms with van der Waals surface area (Å²) in [5.74, 6) is -0.423. The van der Waals surface area contributed by atoms with Crippen LogP contribution in [0.25, 0.3) is 0 Å². The molecule has 0 fully saturated rings. The fourth-order valence-corrected chi connectivity index (χ4v) is 3.01. The maximum Gasteiger partial charge on any atom is 0.241 e. The van der Waals surface area contributed by atoms with Gasteiger partial charge in [-0.15, -0.1) is 0 Å². The van der Waals surface area contributed by atoms with Crippen molar-refractivity contribution in [2.45, 2.75) is 65.7 Å². The molecular weight excluding hydrogens is 206 g/mol. The molecule has 0 unspecified atom stereocenters. The third-order valence-electron chi connectivity index (χ3n) is 3.87. The summed E-state index contributed by atoms with van der Waals surface area (Å²) in [5.41, 5.74) is 1.47. The zero-order chi connectivity index (χ0) is 12.2. The van der Waals surface area contributed by atoms with E-state index in [1.807, 2.05) is 6.92 Å². The van der Waals surface area contributed by atoms with Crippen molar-refractivity contribution in [1.82, 2.24) is 0 Å². The van der Waals surface area contributed by atoms with E-state index in [2.05, 4.69) is 19.9 Å². The standard InChI is InChI=1S/C14H24F2/c1-4-7-14(8-6-11(3)9-14)10-12(5-2)13(15)16/h9,12-13H,4-8,10H2,1-3H3/t12-,14-/m1/s1. The van der Waals surface area contributed by atoms with Gasteiger partial charge in [0.05, 0.1) is 0 Å². The van der Waals surface area contributed by atoms with Crippen molar-refractivity contribution in [3.8, 4) is 0 Å². The van der Waals surface area contributed by atoms with E-state index in [-0.39, 0.29) is 5.41 Å². The number of hydrogen-bond donors (Lipinski definition) is 0. The monoisotopic (exact) mass is 230 g/mol. The second-order valence-corrected chi connectivity index (χ2v) is 5.31. The average molecular weight is 230 g/mol. The van der Waals surface area contributed by atoms with Crippen molar-refractivity contribution < 1.29 is 8.78 Å². The minimum Gasteiger partial charge on any atom is -0.210 e. The molecule has 0 aromatic carbocycles. The third kappa shape index (κ3) is 3.29. The Balaban J connectivity index is 2.71. The summed E-state index contributed by atoms with van der Waals surface area (Å²) in [6, 6.07) is 0. The molecule has 16 heavy (non-hydrogen) atoms. The molecule has 0 aliphatic heterocycles. The molecule has 94 valence electrons. The molecule has 0 aromatic heterocycles. The Kier molecular flexibility index (Phi) is 4.94. The van der Waals surface area contributed by atoms with E-state index in [1.165, 1.54) is 5.57 Å². The highest BCUT2D eigenvalue weighted by atomic mass is 19.3. The van der Waals surface area contributed by atoms with Gasteiger partial charge in [-0.05, 0) is 44.4 Å². The lowest BCUT2D eigenvalue weighted by atomic mass is 9.75. The summed E-state index contributed by atoms with van der Waals surface area (Å²) < 4.78 is 25.7. The van der Waals surface area contributed by atoms with Crippen molar-refractivity contribution in [2.75, 3.05) is 0 Å². The van der Waals surface area contributed by atoms with Gasteiger partial charge in [-0.3, -0.25) is 0 Å². The summed E-state index contributed by atoms with van der Waals surface area (Å²) in [4.78, 5) is 0. The van der Waals surface area contributed by atoms with Crippen molar-refractivity contribution in [2.24, 2.45) is 11.3 Å². The van der Waals surface area contributed by atoms with Crippen molar-refractivity contribution in [1.29, 1.82) is 0 Å². The molecule has 0 nitrogen and oxygen atoms in total. The van der Waals surface area contributed by atoms with Gasteiger partial charge in [-0.1, -0.05) is 31.9 Å². The van der Waals surface area contributed by atoms with Gasteiger partial charge in [0.25, 0.3) is 0 Å². The lowest BCUT2D eigenvalue weighted by molar-refractivity contribution is 0.0482. The first-order valence-electron chi connectivity index (χ1n) is 6.49. The van der Waals surface area contributed by atoms with E-state index in [9.17, 15) is 8.78 Å². The van der Waals surface area contributed by atoms with Crippen LogP contribution < -0.4 is 0 Å². The third-order valence-corrected chi connectivity index (χ3v) is 3.87. The molecule has 1 aliphatic carbocycles. The first-order chi connectivity index (χ1) is 7.53. The van der Waals surface area contributed by atoms with Gasteiger partial charge >= 0.3 is 0 Å². The summed E-state index contributed by atoms with van der Waals surface area (Å²) >= 11 is 0. The summed E-state index contributed by atoms with van der Waals surface area (Å²) in [5, 5.41) is 0. The van der Waals surface area contributed by atoms with Crippen LogP contribution in [0.2, 0.25) is 0 Å². The topological polar surface area (TPSA) is 0 Å². The molecule has 0 bridgehead atoms. The van der Waals surface area contributed by atoms with E-state index >= 15 is 0 Å². The maximum absolute atomic E-state index is 12.8. The largest absolute Gasteiger partial charge is 0.241 e. The van der Waals surface area contributed by atoms with E-state index in [0.29, 0.717) is 12.8 Å². The molecule has 1 aliphatic rings. The molecule has 2 atom stereocenters. The number of rotatable bonds is 6. The highest BCUT2D eigenvalue weighted by Crippen LogP contribution is 2.46. The van der Waals surface area contributed by atoms with Crippen molar-refractivity contribution >= 4 is 0 Å². The fraction of sp³-hybridized carbons (Fsp3) is 0.857. The molecule has 0 heterocycles. The minimum absolute atomic E-state index is 0.0793. The smallest absolute Gasteiger partial charge is 0.210 e. The Hall–Kier alpha value is -0.400. The lowest BCUT2D eigenvalue weighted by Crippen LogP contribution is -2.23. The van der Waals surface area contributed by atoms with Gasteiger partial charge in [-0.25, -0.2) is 8.78 Å². The van der Waals surface area contributed by atoms with Gasteiger partial charge in [0.15, 0.2) is 0 Å². The van der Waals surface area contributed by atoms with Gasteiger partial charge in [-0.2, -0.15) is 0 Å². The number of halogens is 2. The van der Waals surface area contributed by atoms with Crippen molar-refractivity contribution in [3.63, 3.8) is 0 Å². The zero-order valence-electron chi connectivity index (χ0n) is 10.7. The van der Waals surface area contributed by atoms with Crippen LogP contribution in [-0.2, 0) is 0 Å². The Morgan fingerprint density at radius 1 is 1.38 bits per heavy atom. The summed E-state index contributed by atoms with van der Waals surface area (Å²) in [6.45, 7) is 6.15. The summed E-state index contributed by atoms with van der Waals surface area (Å²) in [6.07, 6.45) is 5.71. The molecule has 1 rings (SSSR count). The van der Waals surface area contributed by atoms with Crippen LogP contribution in [0, 0.1) is 11.3 Å². The van der Waals surface area contributed by atoms with Crippen LogP contribution in [0.1, 0.15) is 59.3 Å². The molecule has 0 N–H and O–H groups in total. The number of allylic oxidation sites excluding steroid dienone is 2. The van der Waals surface area contributed by atoms with Crippen molar-refractivity contribution in [3.05, 3.63) is 11.6 Å². The molecular formula is C14H24F2. The van der Waals surface area contributed by atoms with Crippen LogP contribution in [0.4, 0.5) is 8.78 Å². The Morgan fingerprint density at radius 3 is 2.44 bits per heavy atom. The van der Waals surface area contributed by atoms with Crippen LogP contribution in [0.3, 0.4) is 0 Å². The Labute approximate surface area is 98.1 Å². The van der Waals surface area contributed by atoms with Gasteiger partial charge in [0, 0.05) is 5.92 Å². The average Bonchev–Trinajstić information content (AvgIpc) is 2.57. The molecule has 0 spiro atoms. The van der Waals surface area contributed by atoms with Crippen LogP contribution in [-0.4, -0.2) is 6.43 Å². The van der Waals surface area contributed by atoms with Crippen LogP contribution in [0.5, 0.6) is 0 Å². The zero-order valence-corrected chi connectivity index (χ0v) is 10.7. The maximum atomic E-state index is 12.8. The van der Waals surface area contributed by atoms with E-state index < -0.39 is 12.3 Å². The first-order valence-corrected chi connectivity index (χ1v) is 6.49. The fourth-order valence-electron chi connectivity index (χ4n) is 3.01. The van der Waals surface area contributed by atoms with Gasteiger partial charge in [0.1, 0.15) is 0 Å². The van der Waals surface area contributed by atoms with Gasteiger partial charge < -0.3 is 0 Å². The molecule has 2 heteroatoms. The molecule has 0 radical (unpaired) electrons. The number of alkyl halides is 2. The number of hydrogen-bond acceptors (Lipinski definition) is 0. The second kappa shape index (κ2) is 5.79. The minimum atomic E-state index is -2.16. The summed E-state index contributed by atoms with van der Waals surface area (Å²) in [7, 11) is 0. The van der Waals surface area contributed by atoms with E-state index in [4.69, 9.17) is 0 Å². The van der Waals surface area contributed by atoms with Crippen LogP contribution in [0.15, 0.2) is 11.6 Å². The SMILES string of the molecule is CCC[C@]1(C[C@@H](CC)C(F)F)C=C(C)CC1. The predicted molar refractivity (Wildman–Crippen MR) is 64.7 cm³/mol. The Bertz CT molecular complexity index is 245. The van der Waals surface area contributed by atoms with E-state index in [1.54, 1.807) is 0 Å².